The minimum absolute atomic E-state index is 0.0838. The minimum Gasteiger partial charge on any atom is -0.506 e. The lowest BCUT2D eigenvalue weighted by atomic mass is 10.2. The third-order valence-corrected chi connectivity index (χ3v) is 3.87. The molecule has 6 heteroatoms. The summed E-state index contributed by atoms with van der Waals surface area (Å²) in [6, 6.07) is 10.7. The molecule has 0 saturated carbocycles. The molecule has 0 spiro atoms. The maximum Gasteiger partial charge on any atom is 0.262 e. The molecule has 0 atom stereocenters. The maximum atomic E-state index is 11.8. The third-order valence-electron chi connectivity index (χ3n) is 2.66. The first kappa shape index (κ1) is 15.9. The summed E-state index contributed by atoms with van der Waals surface area (Å²) < 4.78 is 6.40. The van der Waals surface area contributed by atoms with Crippen molar-refractivity contribution in [1.29, 1.82) is 0 Å². The van der Waals surface area contributed by atoms with Gasteiger partial charge in [0.2, 0.25) is 0 Å². The van der Waals surface area contributed by atoms with Crippen LogP contribution in [0.4, 0.5) is 5.69 Å². The van der Waals surface area contributed by atoms with Crippen LogP contribution in [-0.4, -0.2) is 17.6 Å². The molecule has 0 aliphatic rings. The Morgan fingerprint density at radius 3 is 2.52 bits per heavy atom. The van der Waals surface area contributed by atoms with Gasteiger partial charge in [-0.25, -0.2) is 0 Å². The number of aromatic hydroxyl groups is 1. The summed E-state index contributed by atoms with van der Waals surface area (Å²) in [5.74, 6) is 0.461. The number of carbonyl (C=O) groups is 1. The Labute approximate surface area is 139 Å². The first-order chi connectivity index (χ1) is 9.95. The molecule has 0 aromatic heterocycles. The molecule has 0 radical (unpaired) electrons. The number of aryl methyl sites for hydroxylation is 1. The molecule has 2 aromatic rings. The van der Waals surface area contributed by atoms with Gasteiger partial charge in [0.15, 0.2) is 6.61 Å². The van der Waals surface area contributed by atoms with Crippen LogP contribution in [0.15, 0.2) is 45.3 Å². The van der Waals surface area contributed by atoms with E-state index >= 15 is 0 Å². The summed E-state index contributed by atoms with van der Waals surface area (Å²) in [4.78, 5) is 11.8. The molecule has 0 heterocycles. The largest absolute Gasteiger partial charge is 0.506 e. The number of amides is 1. The molecule has 2 rings (SSSR count). The van der Waals surface area contributed by atoms with Crippen molar-refractivity contribution in [2.75, 3.05) is 11.9 Å². The lowest BCUT2D eigenvalue weighted by molar-refractivity contribution is -0.118. The zero-order valence-corrected chi connectivity index (χ0v) is 14.4. The number of nitrogens with one attached hydrogen (secondary N) is 1. The second-order valence-electron chi connectivity index (χ2n) is 4.44. The highest BCUT2D eigenvalue weighted by Crippen LogP contribution is 2.35. The minimum atomic E-state index is -0.277. The summed E-state index contributed by atoms with van der Waals surface area (Å²) in [7, 11) is 0. The van der Waals surface area contributed by atoms with Crippen LogP contribution in [0.3, 0.4) is 0 Å². The van der Waals surface area contributed by atoms with Crippen molar-refractivity contribution in [2.45, 2.75) is 6.92 Å². The summed E-state index contributed by atoms with van der Waals surface area (Å²) >= 11 is 6.42. The Bertz CT molecular complexity index is 651. The second-order valence-corrected chi connectivity index (χ2v) is 6.15. The molecule has 0 unspecified atom stereocenters. The van der Waals surface area contributed by atoms with E-state index in [1.54, 1.807) is 18.2 Å². The van der Waals surface area contributed by atoms with E-state index in [1.165, 1.54) is 0 Å². The molecule has 2 N–H and O–H groups in total. The summed E-state index contributed by atoms with van der Waals surface area (Å²) in [5, 5.41) is 12.3. The van der Waals surface area contributed by atoms with Gasteiger partial charge in [0, 0.05) is 5.69 Å². The van der Waals surface area contributed by atoms with E-state index in [-0.39, 0.29) is 18.3 Å². The number of carbonyl (C=O) groups excluding carboxylic acids is 1. The number of hydrogen-bond acceptors (Lipinski definition) is 3. The maximum absolute atomic E-state index is 11.8. The number of anilines is 1. The molecule has 1 amide bonds. The number of halogens is 2. The van der Waals surface area contributed by atoms with Gasteiger partial charge in [0.05, 0.1) is 8.95 Å². The lowest BCUT2D eigenvalue weighted by Crippen LogP contribution is -2.20. The van der Waals surface area contributed by atoms with Crippen LogP contribution in [0.1, 0.15) is 5.56 Å². The fourth-order valence-electron chi connectivity index (χ4n) is 1.69. The summed E-state index contributed by atoms with van der Waals surface area (Å²) in [6.07, 6.45) is 0. The predicted octanol–water partition coefficient (Wildman–Crippen LogP) is 4.24. The number of hydrogen-bond donors (Lipinski definition) is 2. The second kappa shape index (κ2) is 6.95. The first-order valence-electron chi connectivity index (χ1n) is 6.13. The third kappa shape index (κ3) is 4.47. The van der Waals surface area contributed by atoms with Crippen molar-refractivity contribution in [3.05, 3.63) is 50.9 Å². The van der Waals surface area contributed by atoms with E-state index < -0.39 is 0 Å². The van der Waals surface area contributed by atoms with Crippen molar-refractivity contribution in [2.24, 2.45) is 0 Å². The van der Waals surface area contributed by atoms with Gasteiger partial charge in [-0.3, -0.25) is 4.79 Å². The molecule has 0 aliphatic carbocycles. The Morgan fingerprint density at radius 2 is 1.90 bits per heavy atom. The van der Waals surface area contributed by atoms with E-state index in [0.29, 0.717) is 20.4 Å². The highest BCUT2D eigenvalue weighted by molar-refractivity contribution is 9.11. The zero-order chi connectivity index (χ0) is 15.4. The number of ether oxygens (including phenoxy) is 1. The van der Waals surface area contributed by atoms with Crippen LogP contribution in [-0.2, 0) is 4.79 Å². The number of phenolic OH excluding ortho intramolecular Hbond substituents is 1. The molecular weight excluding hydrogens is 402 g/mol. The average molecular weight is 415 g/mol. The SMILES string of the molecule is Cc1cccc(OCC(=O)Nc2cc(Br)c(O)c(Br)c2)c1. The summed E-state index contributed by atoms with van der Waals surface area (Å²) in [6.45, 7) is 1.87. The van der Waals surface area contributed by atoms with Crippen LogP contribution < -0.4 is 10.1 Å². The van der Waals surface area contributed by atoms with Crippen molar-refractivity contribution in [3.63, 3.8) is 0 Å². The lowest BCUT2D eigenvalue weighted by Gasteiger charge is -2.09. The van der Waals surface area contributed by atoms with Crippen LogP contribution in [0.5, 0.6) is 11.5 Å². The van der Waals surface area contributed by atoms with Gasteiger partial charge in [-0.05, 0) is 68.6 Å². The summed E-state index contributed by atoms with van der Waals surface area (Å²) in [5.41, 5.74) is 1.63. The monoisotopic (exact) mass is 413 g/mol. The van der Waals surface area contributed by atoms with E-state index in [9.17, 15) is 9.90 Å². The number of phenols is 1. The highest BCUT2D eigenvalue weighted by Gasteiger charge is 2.09. The van der Waals surface area contributed by atoms with Gasteiger partial charge in [0.1, 0.15) is 11.5 Å². The van der Waals surface area contributed by atoms with E-state index in [1.807, 2.05) is 25.1 Å². The molecule has 21 heavy (non-hydrogen) atoms. The quantitative estimate of drug-likeness (QED) is 0.735. The Morgan fingerprint density at radius 1 is 1.24 bits per heavy atom. The average Bonchev–Trinajstić information content (AvgIpc) is 2.42. The van der Waals surface area contributed by atoms with Crippen molar-refractivity contribution in [3.8, 4) is 11.5 Å². The highest BCUT2D eigenvalue weighted by atomic mass is 79.9. The Hall–Kier alpha value is -1.53. The number of benzene rings is 2. The van der Waals surface area contributed by atoms with Gasteiger partial charge in [-0.15, -0.1) is 0 Å². The van der Waals surface area contributed by atoms with Gasteiger partial charge in [-0.1, -0.05) is 12.1 Å². The standard InChI is InChI=1S/C15H13Br2NO3/c1-9-3-2-4-11(5-9)21-8-14(19)18-10-6-12(16)15(20)13(17)7-10/h2-7,20H,8H2,1H3,(H,18,19). The Balaban J connectivity index is 1.96. The van der Waals surface area contributed by atoms with Crippen LogP contribution in [0.2, 0.25) is 0 Å². The van der Waals surface area contributed by atoms with Crippen molar-refractivity contribution < 1.29 is 14.6 Å². The van der Waals surface area contributed by atoms with E-state index in [2.05, 4.69) is 37.2 Å². The normalized spacial score (nSPS) is 10.2. The van der Waals surface area contributed by atoms with Gasteiger partial charge >= 0.3 is 0 Å². The van der Waals surface area contributed by atoms with Crippen molar-refractivity contribution in [1.82, 2.24) is 0 Å². The van der Waals surface area contributed by atoms with Gasteiger partial charge < -0.3 is 15.2 Å². The molecule has 110 valence electrons. The van der Waals surface area contributed by atoms with Gasteiger partial charge in [-0.2, -0.15) is 0 Å². The molecule has 0 bridgehead atoms. The molecule has 2 aromatic carbocycles. The topological polar surface area (TPSA) is 58.6 Å². The molecule has 4 nitrogen and oxygen atoms in total. The molecule has 0 aliphatic heterocycles. The van der Waals surface area contributed by atoms with Crippen LogP contribution in [0.25, 0.3) is 0 Å². The first-order valence-corrected chi connectivity index (χ1v) is 7.71. The van der Waals surface area contributed by atoms with E-state index in [4.69, 9.17) is 4.74 Å². The molecule has 0 fully saturated rings. The smallest absolute Gasteiger partial charge is 0.262 e. The van der Waals surface area contributed by atoms with Crippen LogP contribution in [0, 0.1) is 6.92 Å². The molecular formula is C15H13Br2NO3. The van der Waals surface area contributed by atoms with Crippen LogP contribution >= 0.6 is 31.9 Å². The van der Waals surface area contributed by atoms with Gasteiger partial charge in [0.25, 0.3) is 5.91 Å². The zero-order valence-electron chi connectivity index (χ0n) is 11.2. The Kier molecular flexibility index (Phi) is 5.25. The fraction of sp³-hybridized carbons (Fsp3) is 0.133. The predicted molar refractivity (Wildman–Crippen MR) is 88.8 cm³/mol. The fourth-order valence-corrected chi connectivity index (χ4v) is 2.88. The number of rotatable bonds is 4. The molecule has 0 saturated heterocycles. The van der Waals surface area contributed by atoms with Crippen molar-refractivity contribution >= 4 is 43.5 Å². The van der Waals surface area contributed by atoms with E-state index in [0.717, 1.165) is 5.56 Å².